The zero-order chi connectivity index (χ0) is 12.1. The minimum atomic E-state index is 0.165. The SMILES string of the molecule is C#CCN(CC)CC1CNc2ccccc2O1. The molecule has 0 bridgehead atoms. The van der Waals surface area contributed by atoms with Gasteiger partial charge in [-0.2, -0.15) is 0 Å². The number of nitrogens with zero attached hydrogens (tertiary/aromatic N) is 1. The second-order valence-corrected chi connectivity index (χ2v) is 4.15. The summed E-state index contributed by atoms with van der Waals surface area (Å²) >= 11 is 0. The van der Waals surface area contributed by atoms with Gasteiger partial charge in [-0.15, -0.1) is 6.42 Å². The summed E-state index contributed by atoms with van der Waals surface area (Å²) in [5.74, 6) is 3.61. The average Bonchev–Trinajstić information content (AvgIpc) is 2.38. The van der Waals surface area contributed by atoms with E-state index >= 15 is 0 Å². The summed E-state index contributed by atoms with van der Waals surface area (Å²) < 4.78 is 5.94. The Balaban J connectivity index is 1.96. The van der Waals surface area contributed by atoms with Crippen molar-refractivity contribution in [1.29, 1.82) is 0 Å². The summed E-state index contributed by atoms with van der Waals surface area (Å²) in [4.78, 5) is 2.21. The van der Waals surface area contributed by atoms with Crippen LogP contribution in [0.5, 0.6) is 5.75 Å². The van der Waals surface area contributed by atoms with Gasteiger partial charge in [0.05, 0.1) is 18.8 Å². The van der Waals surface area contributed by atoms with Crippen LogP contribution in [0.1, 0.15) is 6.92 Å². The normalized spacial score (nSPS) is 17.8. The largest absolute Gasteiger partial charge is 0.485 e. The van der Waals surface area contributed by atoms with Crippen LogP contribution < -0.4 is 10.1 Å². The van der Waals surface area contributed by atoms with E-state index in [1.807, 2.05) is 24.3 Å². The van der Waals surface area contributed by atoms with Crippen molar-refractivity contribution in [2.45, 2.75) is 13.0 Å². The van der Waals surface area contributed by atoms with Crippen molar-refractivity contribution in [2.24, 2.45) is 0 Å². The smallest absolute Gasteiger partial charge is 0.142 e. The highest BCUT2D eigenvalue weighted by Crippen LogP contribution is 2.28. The first-order valence-electron chi connectivity index (χ1n) is 5.99. The Morgan fingerprint density at radius 3 is 3.12 bits per heavy atom. The molecule has 90 valence electrons. The highest BCUT2D eigenvalue weighted by atomic mass is 16.5. The quantitative estimate of drug-likeness (QED) is 0.798. The van der Waals surface area contributed by atoms with Crippen molar-refractivity contribution >= 4 is 5.69 Å². The zero-order valence-corrected chi connectivity index (χ0v) is 10.1. The number of rotatable bonds is 4. The van der Waals surface area contributed by atoms with Crippen LogP contribution >= 0.6 is 0 Å². The van der Waals surface area contributed by atoms with Gasteiger partial charge in [0.1, 0.15) is 11.9 Å². The van der Waals surface area contributed by atoms with Crippen molar-refractivity contribution in [3.05, 3.63) is 24.3 Å². The molecule has 1 N–H and O–H groups in total. The molecule has 1 atom stereocenters. The van der Waals surface area contributed by atoms with Crippen molar-refractivity contribution in [3.8, 4) is 18.1 Å². The first-order chi connectivity index (χ1) is 8.33. The van der Waals surface area contributed by atoms with Gasteiger partial charge in [-0.05, 0) is 18.7 Å². The monoisotopic (exact) mass is 230 g/mol. The van der Waals surface area contributed by atoms with Crippen molar-refractivity contribution < 1.29 is 4.74 Å². The van der Waals surface area contributed by atoms with Crippen molar-refractivity contribution in [2.75, 3.05) is 31.5 Å². The van der Waals surface area contributed by atoms with E-state index in [4.69, 9.17) is 11.2 Å². The van der Waals surface area contributed by atoms with Crippen LogP contribution in [0.25, 0.3) is 0 Å². The fraction of sp³-hybridized carbons (Fsp3) is 0.429. The summed E-state index contributed by atoms with van der Waals surface area (Å²) in [6.07, 6.45) is 5.50. The van der Waals surface area contributed by atoms with E-state index in [1.54, 1.807) is 0 Å². The van der Waals surface area contributed by atoms with Crippen LogP contribution in [0, 0.1) is 12.3 Å². The van der Waals surface area contributed by atoms with E-state index in [0.717, 1.165) is 31.1 Å². The maximum atomic E-state index is 5.94. The highest BCUT2D eigenvalue weighted by Gasteiger charge is 2.20. The van der Waals surface area contributed by atoms with Gasteiger partial charge in [-0.3, -0.25) is 4.90 Å². The molecule has 1 aliphatic rings. The van der Waals surface area contributed by atoms with Gasteiger partial charge < -0.3 is 10.1 Å². The number of ether oxygens (including phenoxy) is 1. The Hall–Kier alpha value is -1.66. The van der Waals surface area contributed by atoms with Gasteiger partial charge in [-0.25, -0.2) is 0 Å². The number of fused-ring (bicyclic) bond motifs is 1. The van der Waals surface area contributed by atoms with Crippen molar-refractivity contribution in [1.82, 2.24) is 4.90 Å². The van der Waals surface area contributed by atoms with E-state index in [-0.39, 0.29) is 6.10 Å². The molecule has 0 saturated carbocycles. The van der Waals surface area contributed by atoms with Gasteiger partial charge >= 0.3 is 0 Å². The van der Waals surface area contributed by atoms with E-state index in [0.29, 0.717) is 6.54 Å². The number of para-hydroxylation sites is 2. The summed E-state index contributed by atoms with van der Waals surface area (Å²) in [6, 6.07) is 8.02. The van der Waals surface area contributed by atoms with E-state index in [1.165, 1.54) is 0 Å². The molecule has 0 fully saturated rings. The molecule has 0 aliphatic carbocycles. The second kappa shape index (κ2) is 5.60. The Bertz CT molecular complexity index is 411. The fourth-order valence-electron chi connectivity index (χ4n) is 1.98. The lowest BCUT2D eigenvalue weighted by Gasteiger charge is -2.30. The zero-order valence-electron chi connectivity index (χ0n) is 10.1. The van der Waals surface area contributed by atoms with Crippen LogP contribution in [0.4, 0.5) is 5.69 Å². The summed E-state index contributed by atoms with van der Waals surface area (Å²) in [5, 5.41) is 3.38. The molecule has 0 radical (unpaired) electrons. The number of hydrogen-bond donors (Lipinski definition) is 1. The fourth-order valence-corrected chi connectivity index (χ4v) is 1.98. The maximum absolute atomic E-state index is 5.94. The van der Waals surface area contributed by atoms with E-state index in [2.05, 4.69) is 23.1 Å². The molecule has 0 aromatic heterocycles. The Morgan fingerprint density at radius 1 is 1.53 bits per heavy atom. The van der Waals surface area contributed by atoms with Crippen LogP contribution in [0.15, 0.2) is 24.3 Å². The topological polar surface area (TPSA) is 24.5 Å². The van der Waals surface area contributed by atoms with Gasteiger partial charge in [0.15, 0.2) is 0 Å². The molecule has 1 aliphatic heterocycles. The first kappa shape index (κ1) is 11.8. The van der Waals surface area contributed by atoms with Crippen LogP contribution in [0.2, 0.25) is 0 Å². The molecule has 0 saturated heterocycles. The Labute approximate surface area is 103 Å². The van der Waals surface area contributed by atoms with E-state index < -0.39 is 0 Å². The lowest BCUT2D eigenvalue weighted by atomic mass is 10.2. The van der Waals surface area contributed by atoms with Gasteiger partial charge in [0.25, 0.3) is 0 Å². The third kappa shape index (κ3) is 2.92. The van der Waals surface area contributed by atoms with Crippen molar-refractivity contribution in [3.63, 3.8) is 0 Å². The molecule has 1 heterocycles. The third-order valence-corrected chi connectivity index (χ3v) is 2.92. The molecule has 2 rings (SSSR count). The van der Waals surface area contributed by atoms with E-state index in [9.17, 15) is 0 Å². The molecule has 3 heteroatoms. The lowest BCUT2D eigenvalue weighted by Crippen LogP contribution is -2.41. The minimum absolute atomic E-state index is 0.165. The van der Waals surface area contributed by atoms with Crippen LogP contribution in [-0.4, -0.2) is 37.2 Å². The molecular weight excluding hydrogens is 212 g/mol. The Kier molecular flexibility index (Phi) is 3.89. The number of anilines is 1. The summed E-state index contributed by atoms with van der Waals surface area (Å²) in [5.41, 5.74) is 1.07. The predicted molar refractivity (Wildman–Crippen MR) is 70.3 cm³/mol. The number of nitrogens with one attached hydrogen (secondary N) is 1. The average molecular weight is 230 g/mol. The predicted octanol–water partition coefficient (Wildman–Crippen LogP) is 1.81. The highest BCUT2D eigenvalue weighted by molar-refractivity contribution is 5.57. The lowest BCUT2D eigenvalue weighted by molar-refractivity contribution is 0.147. The second-order valence-electron chi connectivity index (χ2n) is 4.15. The van der Waals surface area contributed by atoms with Gasteiger partial charge in [-0.1, -0.05) is 25.0 Å². The molecule has 0 spiro atoms. The summed E-state index contributed by atoms with van der Waals surface area (Å²) in [7, 11) is 0. The number of terminal acetylenes is 1. The minimum Gasteiger partial charge on any atom is -0.485 e. The Morgan fingerprint density at radius 2 is 2.35 bits per heavy atom. The van der Waals surface area contributed by atoms with Gasteiger partial charge in [0.2, 0.25) is 0 Å². The van der Waals surface area contributed by atoms with Crippen LogP contribution in [0.3, 0.4) is 0 Å². The first-order valence-corrected chi connectivity index (χ1v) is 5.99. The molecule has 17 heavy (non-hydrogen) atoms. The molecule has 1 aromatic rings. The number of hydrogen-bond acceptors (Lipinski definition) is 3. The standard InChI is InChI=1S/C14H18N2O/c1-3-9-16(4-2)11-12-10-15-13-7-5-6-8-14(13)17-12/h1,5-8,12,15H,4,9-11H2,2H3. The third-order valence-electron chi connectivity index (χ3n) is 2.92. The maximum Gasteiger partial charge on any atom is 0.142 e. The number of likely N-dealkylation sites (N-methyl/N-ethyl adjacent to an activating group) is 1. The molecule has 1 unspecified atom stereocenters. The van der Waals surface area contributed by atoms with Crippen LogP contribution in [-0.2, 0) is 0 Å². The molecule has 0 amide bonds. The molecule has 3 nitrogen and oxygen atoms in total. The molecular formula is C14H18N2O. The number of benzene rings is 1. The molecule has 1 aromatic carbocycles. The summed E-state index contributed by atoms with van der Waals surface area (Å²) in [6.45, 7) is 5.44. The van der Waals surface area contributed by atoms with Gasteiger partial charge in [0, 0.05) is 6.54 Å².